The number of phenols is 1. The molecule has 150 valence electrons. The number of aromatic nitrogens is 3. The van der Waals surface area contributed by atoms with Crippen LogP contribution in [0.1, 0.15) is 60.0 Å². The van der Waals surface area contributed by atoms with Gasteiger partial charge in [0, 0.05) is 32.0 Å². The highest BCUT2D eigenvalue weighted by Crippen LogP contribution is 2.31. The summed E-state index contributed by atoms with van der Waals surface area (Å²) in [5.41, 5.74) is 0.379. The normalized spacial score (nSPS) is 19.7. The zero-order valence-electron chi connectivity index (χ0n) is 16.5. The molecule has 0 radical (unpaired) electrons. The number of amides is 1. The van der Waals surface area contributed by atoms with Gasteiger partial charge in [0.2, 0.25) is 0 Å². The zero-order chi connectivity index (χ0) is 19.8. The van der Waals surface area contributed by atoms with Gasteiger partial charge in [-0.2, -0.15) is 0 Å². The van der Waals surface area contributed by atoms with Crippen LogP contribution >= 0.6 is 0 Å². The van der Waals surface area contributed by atoms with Gasteiger partial charge >= 0.3 is 0 Å². The fourth-order valence-electron chi connectivity index (χ4n) is 4.75. The van der Waals surface area contributed by atoms with Crippen molar-refractivity contribution in [1.82, 2.24) is 19.7 Å². The minimum atomic E-state index is -0.103. The highest BCUT2D eigenvalue weighted by atomic mass is 16.3. The second-order valence-electron chi connectivity index (χ2n) is 8.24. The van der Waals surface area contributed by atoms with Gasteiger partial charge in [-0.05, 0) is 48.6 Å². The van der Waals surface area contributed by atoms with Crippen LogP contribution < -0.4 is 0 Å². The predicted octanol–water partition coefficient (Wildman–Crippen LogP) is 3.88. The third kappa shape index (κ3) is 3.37. The van der Waals surface area contributed by atoms with Crippen molar-refractivity contribution < 1.29 is 9.90 Å². The van der Waals surface area contributed by atoms with E-state index in [1.54, 1.807) is 12.1 Å². The number of fused-ring (bicyclic) bond motifs is 2. The van der Waals surface area contributed by atoms with E-state index in [1.807, 2.05) is 29.2 Å². The first kappa shape index (κ1) is 18.2. The van der Waals surface area contributed by atoms with Gasteiger partial charge in [-0.1, -0.05) is 30.7 Å². The van der Waals surface area contributed by atoms with Crippen molar-refractivity contribution in [2.24, 2.45) is 0 Å². The summed E-state index contributed by atoms with van der Waals surface area (Å²) in [4.78, 5) is 15.1. The first-order chi connectivity index (χ1) is 14.2. The molecule has 6 heteroatoms. The Morgan fingerprint density at radius 3 is 2.69 bits per heavy atom. The van der Waals surface area contributed by atoms with Crippen molar-refractivity contribution in [2.45, 2.75) is 51.0 Å². The number of rotatable bonds is 2. The molecule has 2 aliphatic heterocycles. The largest absolute Gasteiger partial charge is 0.507 e. The van der Waals surface area contributed by atoms with Crippen LogP contribution in [0.2, 0.25) is 0 Å². The molecule has 1 saturated heterocycles. The summed E-state index contributed by atoms with van der Waals surface area (Å²) in [6, 6.07) is 11.3. The van der Waals surface area contributed by atoms with E-state index in [0.717, 1.165) is 48.2 Å². The number of piperidine rings is 1. The number of aryl methyl sites for hydroxylation is 1. The molecule has 1 amide bonds. The van der Waals surface area contributed by atoms with Gasteiger partial charge in [-0.25, -0.2) is 0 Å². The highest BCUT2D eigenvalue weighted by Gasteiger charge is 2.30. The van der Waals surface area contributed by atoms with Crippen LogP contribution in [0.15, 0.2) is 36.4 Å². The number of hydrogen-bond acceptors (Lipinski definition) is 4. The first-order valence-corrected chi connectivity index (χ1v) is 10.6. The molecule has 2 aromatic carbocycles. The lowest BCUT2D eigenvalue weighted by molar-refractivity contribution is 0.0700. The Hall–Kier alpha value is -2.89. The smallest absolute Gasteiger partial charge is 0.257 e. The van der Waals surface area contributed by atoms with E-state index in [2.05, 4.69) is 14.8 Å². The summed E-state index contributed by atoms with van der Waals surface area (Å²) < 4.78 is 2.29. The van der Waals surface area contributed by atoms with E-state index in [9.17, 15) is 9.90 Å². The average molecular weight is 390 g/mol. The molecule has 0 saturated carbocycles. The molecule has 1 aromatic heterocycles. The Balaban J connectivity index is 1.41. The lowest BCUT2D eigenvalue weighted by atomic mass is 9.96. The Morgan fingerprint density at radius 2 is 1.83 bits per heavy atom. The van der Waals surface area contributed by atoms with Gasteiger partial charge in [0.1, 0.15) is 17.4 Å². The molecule has 0 aliphatic carbocycles. The third-order valence-corrected chi connectivity index (χ3v) is 6.31. The second-order valence-corrected chi connectivity index (χ2v) is 8.24. The lowest BCUT2D eigenvalue weighted by Gasteiger charge is -2.32. The van der Waals surface area contributed by atoms with Crippen LogP contribution in [0.25, 0.3) is 10.8 Å². The molecule has 1 unspecified atom stereocenters. The molecular weight excluding hydrogens is 364 g/mol. The number of phenolic OH excluding ortho intramolecular Hbond substituents is 1. The molecule has 0 bridgehead atoms. The molecule has 29 heavy (non-hydrogen) atoms. The van der Waals surface area contributed by atoms with Gasteiger partial charge < -0.3 is 14.6 Å². The Labute approximate surface area is 170 Å². The average Bonchev–Trinajstić information content (AvgIpc) is 3.01. The molecule has 6 nitrogen and oxygen atoms in total. The molecule has 3 aromatic rings. The number of carbonyl (C=O) groups is 1. The number of aromatic hydroxyl groups is 1. The Kier molecular flexibility index (Phi) is 4.70. The summed E-state index contributed by atoms with van der Waals surface area (Å²) in [5, 5.41) is 21.3. The van der Waals surface area contributed by atoms with E-state index in [-0.39, 0.29) is 17.6 Å². The first-order valence-electron chi connectivity index (χ1n) is 10.6. The number of benzene rings is 2. The van der Waals surface area contributed by atoms with Crippen LogP contribution in [0.5, 0.6) is 5.75 Å². The fraction of sp³-hybridized carbons (Fsp3) is 0.435. The monoisotopic (exact) mass is 390 g/mol. The maximum atomic E-state index is 13.2. The molecule has 1 atom stereocenters. The van der Waals surface area contributed by atoms with Gasteiger partial charge in [0.15, 0.2) is 0 Å². The van der Waals surface area contributed by atoms with Gasteiger partial charge in [-0.15, -0.1) is 10.2 Å². The standard InChI is InChI=1S/C23H26N4O2/c28-20-14-17-8-4-3-7-16(17)13-19(20)23(29)26-11-6-9-18(15-26)22-25-24-21-10-2-1-5-12-27(21)22/h3-4,7-8,13-14,18,28H,1-2,5-6,9-12,15H2. The Bertz CT molecular complexity index is 1060. The number of likely N-dealkylation sites (tertiary alicyclic amines) is 1. The topological polar surface area (TPSA) is 71.2 Å². The molecule has 5 rings (SSSR count). The van der Waals surface area contributed by atoms with Gasteiger partial charge in [0.25, 0.3) is 5.91 Å². The second kappa shape index (κ2) is 7.50. The molecule has 1 fully saturated rings. The maximum Gasteiger partial charge on any atom is 0.257 e. The molecule has 0 spiro atoms. The summed E-state index contributed by atoms with van der Waals surface area (Å²) in [7, 11) is 0. The van der Waals surface area contributed by atoms with E-state index >= 15 is 0 Å². The van der Waals surface area contributed by atoms with Gasteiger partial charge in [-0.3, -0.25) is 4.79 Å². The van der Waals surface area contributed by atoms with E-state index < -0.39 is 0 Å². The Morgan fingerprint density at radius 1 is 1.00 bits per heavy atom. The van der Waals surface area contributed by atoms with Crippen molar-refractivity contribution in [3.05, 3.63) is 53.6 Å². The molecule has 2 aliphatic rings. The van der Waals surface area contributed by atoms with E-state index in [1.165, 1.54) is 19.3 Å². The SMILES string of the molecule is O=C(c1cc2ccccc2cc1O)N1CCCC(c2nnc3n2CCCCC3)C1. The zero-order valence-corrected chi connectivity index (χ0v) is 16.5. The third-order valence-electron chi connectivity index (χ3n) is 6.31. The van der Waals surface area contributed by atoms with Crippen LogP contribution in [-0.2, 0) is 13.0 Å². The molecule has 3 heterocycles. The van der Waals surface area contributed by atoms with E-state index in [4.69, 9.17) is 0 Å². The number of hydrogen-bond donors (Lipinski definition) is 1. The molecular formula is C23H26N4O2. The maximum absolute atomic E-state index is 13.2. The number of carbonyl (C=O) groups excluding carboxylic acids is 1. The van der Waals surface area contributed by atoms with Gasteiger partial charge in [0.05, 0.1) is 5.56 Å². The predicted molar refractivity (Wildman–Crippen MR) is 111 cm³/mol. The van der Waals surface area contributed by atoms with Crippen molar-refractivity contribution in [3.63, 3.8) is 0 Å². The summed E-state index contributed by atoms with van der Waals surface area (Å²) in [6.07, 6.45) is 6.53. The van der Waals surface area contributed by atoms with Crippen molar-refractivity contribution >= 4 is 16.7 Å². The summed E-state index contributed by atoms with van der Waals surface area (Å²) in [5.74, 6) is 2.27. The van der Waals surface area contributed by atoms with Crippen molar-refractivity contribution in [1.29, 1.82) is 0 Å². The quantitative estimate of drug-likeness (QED) is 0.721. The molecule has 1 N–H and O–H groups in total. The van der Waals surface area contributed by atoms with Crippen molar-refractivity contribution in [3.8, 4) is 5.75 Å². The van der Waals surface area contributed by atoms with Crippen LogP contribution in [0.3, 0.4) is 0 Å². The van der Waals surface area contributed by atoms with E-state index in [0.29, 0.717) is 18.7 Å². The van der Waals surface area contributed by atoms with Crippen LogP contribution in [0.4, 0.5) is 0 Å². The lowest BCUT2D eigenvalue weighted by Crippen LogP contribution is -2.39. The van der Waals surface area contributed by atoms with Crippen molar-refractivity contribution in [2.75, 3.05) is 13.1 Å². The van der Waals surface area contributed by atoms with Crippen LogP contribution in [0, 0.1) is 0 Å². The fourth-order valence-corrected chi connectivity index (χ4v) is 4.75. The minimum Gasteiger partial charge on any atom is -0.507 e. The summed E-state index contributed by atoms with van der Waals surface area (Å²) in [6.45, 7) is 2.32. The minimum absolute atomic E-state index is 0.0483. The highest BCUT2D eigenvalue weighted by molar-refractivity contribution is 6.01. The number of nitrogens with zero attached hydrogens (tertiary/aromatic N) is 4. The summed E-state index contributed by atoms with van der Waals surface area (Å²) >= 11 is 0. The van der Waals surface area contributed by atoms with Crippen LogP contribution in [-0.4, -0.2) is 43.8 Å².